The summed E-state index contributed by atoms with van der Waals surface area (Å²) < 4.78 is 6.46. The van der Waals surface area contributed by atoms with Gasteiger partial charge in [-0.05, 0) is 49.2 Å². The molecule has 5 rings (SSSR count). The summed E-state index contributed by atoms with van der Waals surface area (Å²) in [6.45, 7) is -0.122. The Morgan fingerprint density at radius 2 is 1.96 bits per heavy atom. The second kappa shape index (κ2) is 6.49. The molecule has 1 aliphatic carbocycles. The van der Waals surface area contributed by atoms with E-state index in [9.17, 15) is 9.59 Å². The van der Waals surface area contributed by atoms with E-state index in [0.29, 0.717) is 28.5 Å². The van der Waals surface area contributed by atoms with E-state index in [-0.39, 0.29) is 12.5 Å². The predicted molar refractivity (Wildman–Crippen MR) is 103 cm³/mol. The molecule has 0 bridgehead atoms. The van der Waals surface area contributed by atoms with Crippen molar-refractivity contribution in [2.24, 2.45) is 0 Å². The molecular weight excluding hydrogens is 358 g/mol. The van der Waals surface area contributed by atoms with Crippen LogP contribution in [0.1, 0.15) is 24.6 Å². The second-order valence-corrected chi connectivity index (χ2v) is 6.87. The third-order valence-corrected chi connectivity index (χ3v) is 4.77. The third kappa shape index (κ3) is 3.09. The molecule has 0 radical (unpaired) electrons. The summed E-state index contributed by atoms with van der Waals surface area (Å²) in [6, 6.07) is 14.3. The zero-order chi connectivity index (χ0) is 19.1. The maximum atomic E-state index is 12.4. The fraction of sp³-hybridized carbons (Fsp3) is 0.200. The van der Waals surface area contributed by atoms with Gasteiger partial charge in [0.1, 0.15) is 12.4 Å². The second-order valence-electron chi connectivity index (χ2n) is 6.87. The Balaban J connectivity index is 1.29. The van der Waals surface area contributed by atoms with Crippen LogP contribution in [-0.2, 0) is 11.3 Å². The molecule has 0 atom stereocenters. The van der Waals surface area contributed by atoms with Crippen LogP contribution in [0.3, 0.4) is 0 Å². The number of hydrogen-bond donors (Lipinski definition) is 2. The largest absolute Gasteiger partial charge is 0.420 e. The number of amides is 1. The third-order valence-electron chi connectivity index (χ3n) is 4.77. The van der Waals surface area contributed by atoms with Gasteiger partial charge in [0, 0.05) is 17.2 Å². The average molecular weight is 375 g/mol. The van der Waals surface area contributed by atoms with Gasteiger partial charge in [-0.2, -0.15) is 5.10 Å². The molecule has 4 aromatic rings. The molecule has 1 saturated carbocycles. The number of fused-ring (bicyclic) bond motifs is 1. The zero-order valence-corrected chi connectivity index (χ0v) is 14.9. The molecule has 0 unspecified atom stereocenters. The number of aromatic amines is 1. The van der Waals surface area contributed by atoms with Crippen LogP contribution in [0.2, 0.25) is 0 Å². The minimum absolute atomic E-state index is 0.122. The maximum absolute atomic E-state index is 12.4. The van der Waals surface area contributed by atoms with Gasteiger partial charge in [-0.15, -0.1) is 0 Å². The monoisotopic (exact) mass is 375 g/mol. The SMILES string of the molecule is O=C(Cn1c(=O)oc2ccccc21)Nc1ccc(-c2n[nH]c(C3CC3)n2)cc1. The van der Waals surface area contributed by atoms with E-state index in [1.165, 1.54) is 4.57 Å². The molecule has 0 saturated heterocycles. The lowest BCUT2D eigenvalue weighted by Gasteiger charge is -2.06. The number of anilines is 1. The van der Waals surface area contributed by atoms with E-state index in [4.69, 9.17) is 4.42 Å². The molecule has 2 aromatic carbocycles. The molecular formula is C20H17N5O3. The van der Waals surface area contributed by atoms with Gasteiger partial charge in [-0.1, -0.05) is 12.1 Å². The number of nitrogens with one attached hydrogen (secondary N) is 2. The van der Waals surface area contributed by atoms with Gasteiger partial charge >= 0.3 is 5.76 Å². The van der Waals surface area contributed by atoms with Gasteiger partial charge in [0.15, 0.2) is 11.4 Å². The summed E-state index contributed by atoms with van der Waals surface area (Å²) in [5.41, 5.74) is 2.56. The van der Waals surface area contributed by atoms with Gasteiger partial charge in [-0.25, -0.2) is 9.78 Å². The van der Waals surface area contributed by atoms with Crippen molar-refractivity contribution in [2.45, 2.75) is 25.3 Å². The molecule has 1 fully saturated rings. The van der Waals surface area contributed by atoms with Gasteiger partial charge in [-0.3, -0.25) is 14.5 Å². The molecule has 2 N–H and O–H groups in total. The number of para-hydroxylation sites is 2. The van der Waals surface area contributed by atoms with E-state index < -0.39 is 5.76 Å². The number of benzene rings is 2. The minimum atomic E-state index is -0.553. The van der Waals surface area contributed by atoms with Crippen LogP contribution in [0.5, 0.6) is 0 Å². The molecule has 0 spiro atoms. The number of carbonyl (C=O) groups excluding carboxylic acids is 1. The van der Waals surface area contributed by atoms with Crippen molar-refractivity contribution in [1.29, 1.82) is 0 Å². The van der Waals surface area contributed by atoms with Crippen molar-refractivity contribution >= 4 is 22.7 Å². The van der Waals surface area contributed by atoms with Gasteiger partial charge in [0.05, 0.1) is 5.52 Å². The smallest absolute Gasteiger partial charge is 0.408 e. The van der Waals surface area contributed by atoms with Gasteiger partial charge in [0.25, 0.3) is 0 Å². The van der Waals surface area contributed by atoms with Crippen molar-refractivity contribution in [1.82, 2.24) is 19.7 Å². The first-order valence-electron chi connectivity index (χ1n) is 9.08. The van der Waals surface area contributed by atoms with E-state index in [2.05, 4.69) is 20.5 Å². The van der Waals surface area contributed by atoms with Crippen molar-refractivity contribution in [3.8, 4) is 11.4 Å². The molecule has 8 heteroatoms. The van der Waals surface area contributed by atoms with Crippen LogP contribution in [0.15, 0.2) is 57.7 Å². The summed E-state index contributed by atoms with van der Waals surface area (Å²) >= 11 is 0. The van der Waals surface area contributed by atoms with Crippen molar-refractivity contribution < 1.29 is 9.21 Å². The van der Waals surface area contributed by atoms with Crippen LogP contribution in [0, 0.1) is 0 Å². The number of rotatable bonds is 5. The summed E-state index contributed by atoms with van der Waals surface area (Å²) in [6.07, 6.45) is 2.32. The maximum Gasteiger partial charge on any atom is 0.420 e. The molecule has 140 valence electrons. The standard InChI is InChI=1S/C20H17N5O3/c26-17(11-25-15-3-1-2-4-16(15)28-20(25)27)21-14-9-7-13(8-10-14)19-22-18(23-24-19)12-5-6-12/h1-4,7-10,12H,5-6,11H2,(H,21,26)(H,22,23,24). The number of carbonyl (C=O) groups is 1. The molecule has 2 aromatic heterocycles. The Morgan fingerprint density at radius 1 is 1.18 bits per heavy atom. The quantitative estimate of drug-likeness (QED) is 0.558. The van der Waals surface area contributed by atoms with E-state index in [1.807, 2.05) is 12.1 Å². The summed E-state index contributed by atoms with van der Waals surface area (Å²) in [5.74, 6) is 1.24. The first kappa shape index (κ1) is 16.5. The van der Waals surface area contributed by atoms with Crippen molar-refractivity contribution in [3.63, 3.8) is 0 Å². The van der Waals surface area contributed by atoms with Crippen LogP contribution in [0.25, 0.3) is 22.5 Å². The minimum Gasteiger partial charge on any atom is -0.408 e. The molecule has 28 heavy (non-hydrogen) atoms. The van der Waals surface area contributed by atoms with Crippen molar-refractivity contribution in [2.75, 3.05) is 5.32 Å². The highest BCUT2D eigenvalue weighted by Crippen LogP contribution is 2.38. The lowest BCUT2D eigenvalue weighted by molar-refractivity contribution is -0.116. The topological polar surface area (TPSA) is 106 Å². The number of H-pyrrole nitrogens is 1. The summed E-state index contributed by atoms with van der Waals surface area (Å²) in [7, 11) is 0. The highest BCUT2D eigenvalue weighted by Gasteiger charge is 2.27. The Hall–Kier alpha value is -3.68. The van der Waals surface area contributed by atoms with Gasteiger partial charge < -0.3 is 9.73 Å². The Kier molecular flexibility index (Phi) is 3.82. The summed E-state index contributed by atoms with van der Waals surface area (Å²) in [5, 5.41) is 10.0. The fourth-order valence-electron chi connectivity index (χ4n) is 3.15. The Labute approximate surface area is 159 Å². The number of hydrogen-bond acceptors (Lipinski definition) is 5. The Morgan fingerprint density at radius 3 is 2.75 bits per heavy atom. The van der Waals surface area contributed by atoms with Gasteiger partial charge in [0.2, 0.25) is 5.91 Å². The Bertz CT molecular complexity index is 1210. The lowest BCUT2D eigenvalue weighted by atomic mass is 10.2. The number of aromatic nitrogens is 4. The average Bonchev–Trinajstić information content (AvgIpc) is 3.35. The number of oxazole rings is 1. The lowest BCUT2D eigenvalue weighted by Crippen LogP contribution is -2.24. The highest BCUT2D eigenvalue weighted by molar-refractivity contribution is 5.91. The van der Waals surface area contributed by atoms with E-state index >= 15 is 0 Å². The normalized spacial score (nSPS) is 13.7. The molecule has 0 aliphatic heterocycles. The molecule has 1 aliphatic rings. The highest BCUT2D eigenvalue weighted by atomic mass is 16.4. The fourth-order valence-corrected chi connectivity index (χ4v) is 3.15. The van der Waals surface area contributed by atoms with Crippen LogP contribution < -0.4 is 11.1 Å². The van der Waals surface area contributed by atoms with E-state index in [1.54, 1.807) is 36.4 Å². The predicted octanol–water partition coefficient (Wildman–Crippen LogP) is 2.90. The molecule has 8 nitrogen and oxygen atoms in total. The summed E-state index contributed by atoms with van der Waals surface area (Å²) in [4.78, 5) is 28.9. The van der Waals surface area contributed by atoms with Crippen LogP contribution >= 0.6 is 0 Å². The van der Waals surface area contributed by atoms with E-state index in [0.717, 1.165) is 24.2 Å². The van der Waals surface area contributed by atoms with Crippen LogP contribution in [-0.4, -0.2) is 25.7 Å². The first-order chi connectivity index (χ1) is 13.7. The molecule has 2 heterocycles. The van der Waals surface area contributed by atoms with Crippen LogP contribution in [0.4, 0.5) is 5.69 Å². The zero-order valence-electron chi connectivity index (χ0n) is 14.9. The molecule has 1 amide bonds. The van der Waals surface area contributed by atoms with Crippen molar-refractivity contribution in [3.05, 3.63) is 64.9 Å². The number of nitrogens with zero attached hydrogens (tertiary/aromatic N) is 3. The first-order valence-corrected chi connectivity index (χ1v) is 9.08.